The summed E-state index contributed by atoms with van der Waals surface area (Å²) in [6.45, 7) is 1.70. The fourth-order valence-electron chi connectivity index (χ4n) is 2.96. The molecular weight excluding hydrogens is 335 g/mol. The summed E-state index contributed by atoms with van der Waals surface area (Å²) in [4.78, 5) is 24.1. The van der Waals surface area contributed by atoms with Crippen LogP contribution in [0.1, 0.15) is 36.0 Å². The van der Waals surface area contributed by atoms with E-state index in [0.717, 1.165) is 25.0 Å². The number of aryl methyl sites for hydroxylation is 1. The predicted octanol–water partition coefficient (Wildman–Crippen LogP) is 1.84. The predicted molar refractivity (Wildman–Crippen MR) is 84.2 cm³/mol. The van der Waals surface area contributed by atoms with Crippen molar-refractivity contribution in [3.63, 3.8) is 0 Å². The van der Waals surface area contributed by atoms with Gasteiger partial charge in [0.05, 0.1) is 24.2 Å². The first-order valence-corrected chi connectivity index (χ1v) is 8.24. The zero-order valence-corrected chi connectivity index (χ0v) is 13.7. The Bertz CT molecular complexity index is 686. The molecule has 1 saturated heterocycles. The maximum absolute atomic E-state index is 12.7. The average Bonchev–Trinajstić information content (AvgIpc) is 3.36. The zero-order chi connectivity index (χ0) is 18.2. The molecule has 2 amide bonds. The first-order chi connectivity index (χ1) is 11.7. The molecule has 0 radical (unpaired) electrons. The number of amides is 2. The molecule has 25 heavy (non-hydrogen) atoms. The lowest BCUT2D eigenvalue weighted by atomic mass is 10.0. The Hall–Kier alpha value is -2.09. The second kappa shape index (κ2) is 6.67. The number of hydrogen-bond acceptors (Lipinski definition) is 3. The number of benzene rings is 1. The standard InChI is InChI=1S/C17H20F3N3O2/c1-9-6-12(17(18,19)20)5-4-11(9)8-21-16(25)13-7-14(24)23-15(22-13)10-2-3-10/h4-6,10,13,15,22H,2-3,7-8H2,1H3,(H,21,25)(H,23,24). The number of rotatable bonds is 4. The monoisotopic (exact) mass is 355 g/mol. The third-order valence-corrected chi connectivity index (χ3v) is 4.62. The highest BCUT2D eigenvalue weighted by Crippen LogP contribution is 2.33. The highest BCUT2D eigenvalue weighted by Gasteiger charge is 2.39. The molecular formula is C17H20F3N3O2. The van der Waals surface area contributed by atoms with E-state index >= 15 is 0 Å². The lowest BCUT2D eigenvalue weighted by molar-refractivity contribution is -0.137. The minimum Gasteiger partial charge on any atom is -0.351 e. The van der Waals surface area contributed by atoms with Gasteiger partial charge in [0.2, 0.25) is 11.8 Å². The van der Waals surface area contributed by atoms with Crippen LogP contribution in [0.15, 0.2) is 18.2 Å². The van der Waals surface area contributed by atoms with Crippen molar-refractivity contribution in [2.75, 3.05) is 0 Å². The Kier molecular flexibility index (Phi) is 4.73. The van der Waals surface area contributed by atoms with E-state index in [9.17, 15) is 22.8 Å². The lowest BCUT2D eigenvalue weighted by Crippen LogP contribution is -2.61. The Balaban J connectivity index is 1.59. The third kappa shape index (κ3) is 4.31. The number of hydrogen-bond donors (Lipinski definition) is 3. The zero-order valence-electron chi connectivity index (χ0n) is 13.7. The number of alkyl halides is 3. The quantitative estimate of drug-likeness (QED) is 0.772. The summed E-state index contributed by atoms with van der Waals surface area (Å²) in [7, 11) is 0. The largest absolute Gasteiger partial charge is 0.416 e. The smallest absolute Gasteiger partial charge is 0.351 e. The summed E-state index contributed by atoms with van der Waals surface area (Å²) in [5, 5.41) is 8.67. The first kappa shape index (κ1) is 17.7. The molecule has 0 bridgehead atoms. The summed E-state index contributed by atoms with van der Waals surface area (Å²) in [5.74, 6) is -0.113. The van der Waals surface area contributed by atoms with Gasteiger partial charge >= 0.3 is 6.18 Å². The Morgan fingerprint density at radius 2 is 2.04 bits per heavy atom. The van der Waals surface area contributed by atoms with Gasteiger partial charge in [-0.25, -0.2) is 0 Å². The molecule has 2 aliphatic rings. The molecule has 2 fully saturated rings. The van der Waals surface area contributed by atoms with E-state index in [1.165, 1.54) is 6.07 Å². The second-order valence-electron chi connectivity index (χ2n) is 6.66. The second-order valence-corrected chi connectivity index (χ2v) is 6.66. The molecule has 2 unspecified atom stereocenters. The van der Waals surface area contributed by atoms with Crippen LogP contribution >= 0.6 is 0 Å². The minimum absolute atomic E-state index is 0.0566. The van der Waals surface area contributed by atoms with Crippen molar-refractivity contribution < 1.29 is 22.8 Å². The summed E-state index contributed by atoms with van der Waals surface area (Å²) >= 11 is 0. The molecule has 1 saturated carbocycles. The van der Waals surface area contributed by atoms with Gasteiger partial charge in [0.25, 0.3) is 0 Å². The molecule has 136 valence electrons. The fraction of sp³-hybridized carbons (Fsp3) is 0.529. The fourth-order valence-corrected chi connectivity index (χ4v) is 2.96. The highest BCUT2D eigenvalue weighted by molar-refractivity contribution is 5.89. The van der Waals surface area contributed by atoms with Crippen LogP contribution in [0.25, 0.3) is 0 Å². The van der Waals surface area contributed by atoms with Crippen molar-refractivity contribution in [3.05, 3.63) is 34.9 Å². The van der Waals surface area contributed by atoms with Crippen LogP contribution in [-0.4, -0.2) is 24.0 Å². The molecule has 2 atom stereocenters. The normalized spacial score (nSPS) is 23.9. The van der Waals surface area contributed by atoms with Crippen LogP contribution in [0.4, 0.5) is 13.2 Å². The number of nitrogens with one attached hydrogen (secondary N) is 3. The van der Waals surface area contributed by atoms with Gasteiger partial charge in [0, 0.05) is 6.54 Å². The molecule has 3 N–H and O–H groups in total. The van der Waals surface area contributed by atoms with E-state index < -0.39 is 17.8 Å². The molecule has 3 rings (SSSR count). The van der Waals surface area contributed by atoms with E-state index in [-0.39, 0.29) is 30.9 Å². The van der Waals surface area contributed by atoms with Crippen molar-refractivity contribution in [3.8, 4) is 0 Å². The maximum atomic E-state index is 12.7. The van der Waals surface area contributed by atoms with Crippen molar-refractivity contribution in [1.82, 2.24) is 16.0 Å². The van der Waals surface area contributed by atoms with E-state index in [1.807, 2.05) is 0 Å². The number of carbonyl (C=O) groups is 2. The van der Waals surface area contributed by atoms with E-state index in [1.54, 1.807) is 6.92 Å². The Morgan fingerprint density at radius 1 is 1.32 bits per heavy atom. The topological polar surface area (TPSA) is 70.2 Å². The van der Waals surface area contributed by atoms with E-state index in [2.05, 4.69) is 16.0 Å². The Labute approximate surface area is 143 Å². The van der Waals surface area contributed by atoms with Gasteiger partial charge in [-0.3, -0.25) is 14.9 Å². The van der Waals surface area contributed by atoms with Gasteiger partial charge in [-0.15, -0.1) is 0 Å². The molecule has 0 aromatic heterocycles. The molecule has 1 aromatic carbocycles. The van der Waals surface area contributed by atoms with Crippen molar-refractivity contribution in [2.24, 2.45) is 5.92 Å². The van der Waals surface area contributed by atoms with Gasteiger partial charge in [-0.2, -0.15) is 13.2 Å². The SMILES string of the molecule is Cc1cc(C(F)(F)F)ccc1CNC(=O)C1CC(=O)NC(C2CC2)N1. The van der Waals surface area contributed by atoms with Crippen LogP contribution in [0.2, 0.25) is 0 Å². The van der Waals surface area contributed by atoms with Crippen LogP contribution in [0.3, 0.4) is 0 Å². The highest BCUT2D eigenvalue weighted by atomic mass is 19.4. The summed E-state index contributed by atoms with van der Waals surface area (Å²) in [6.07, 6.45) is -2.46. The minimum atomic E-state index is -4.39. The first-order valence-electron chi connectivity index (χ1n) is 8.24. The van der Waals surface area contributed by atoms with E-state index in [4.69, 9.17) is 0 Å². The molecule has 1 aliphatic heterocycles. The average molecular weight is 355 g/mol. The molecule has 1 aromatic rings. The van der Waals surface area contributed by atoms with Gasteiger partial charge < -0.3 is 10.6 Å². The van der Waals surface area contributed by atoms with Crippen molar-refractivity contribution in [1.29, 1.82) is 0 Å². The maximum Gasteiger partial charge on any atom is 0.416 e. The van der Waals surface area contributed by atoms with Gasteiger partial charge in [-0.1, -0.05) is 6.07 Å². The summed E-state index contributed by atoms with van der Waals surface area (Å²) in [5.41, 5.74) is 0.360. The lowest BCUT2D eigenvalue weighted by Gasteiger charge is -2.31. The summed E-state index contributed by atoms with van der Waals surface area (Å²) < 4.78 is 38.1. The Morgan fingerprint density at radius 3 is 2.64 bits per heavy atom. The van der Waals surface area contributed by atoms with Crippen molar-refractivity contribution in [2.45, 2.75) is 51.1 Å². The van der Waals surface area contributed by atoms with Gasteiger partial charge in [0.15, 0.2) is 0 Å². The number of halogens is 3. The van der Waals surface area contributed by atoms with Gasteiger partial charge in [0.1, 0.15) is 0 Å². The van der Waals surface area contributed by atoms with Crippen LogP contribution in [-0.2, 0) is 22.3 Å². The van der Waals surface area contributed by atoms with Crippen LogP contribution in [0.5, 0.6) is 0 Å². The molecule has 1 heterocycles. The third-order valence-electron chi connectivity index (χ3n) is 4.62. The van der Waals surface area contributed by atoms with Gasteiger partial charge in [-0.05, 0) is 48.9 Å². The van der Waals surface area contributed by atoms with Crippen molar-refractivity contribution >= 4 is 11.8 Å². The van der Waals surface area contributed by atoms with Crippen LogP contribution < -0.4 is 16.0 Å². The number of carbonyl (C=O) groups excluding carboxylic acids is 2. The summed E-state index contributed by atoms with van der Waals surface area (Å²) in [6, 6.07) is 2.82. The molecule has 1 aliphatic carbocycles. The van der Waals surface area contributed by atoms with Crippen LogP contribution in [0, 0.1) is 12.8 Å². The molecule has 8 heteroatoms. The molecule has 0 spiro atoms. The van der Waals surface area contributed by atoms with E-state index in [0.29, 0.717) is 17.0 Å². The molecule has 5 nitrogen and oxygen atoms in total.